The number of aryl methyl sites for hydroxylation is 1. The van der Waals surface area contributed by atoms with Crippen molar-refractivity contribution in [3.8, 4) is 0 Å². The van der Waals surface area contributed by atoms with E-state index in [4.69, 9.17) is 4.74 Å². The van der Waals surface area contributed by atoms with Crippen LogP contribution < -0.4 is 4.31 Å². The summed E-state index contributed by atoms with van der Waals surface area (Å²) in [5.74, 6) is -0.199. The number of nitrogens with zero attached hydrogens (tertiary/aromatic N) is 3. The summed E-state index contributed by atoms with van der Waals surface area (Å²) >= 11 is 0. The summed E-state index contributed by atoms with van der Waals surface area (Å²) in [5, 5.41) is 0. The summed E-state index contributed by atoms with van der Waals surface area (Å²) in [6, 6.07) is 13.2. The van der Waals surface area contributed by atoms with Crippen LogP contribution in [0.5, 0.6) is 0 Å². The molecule has 0 spiro atoms. The van der Waals surface area contributed by atoms with E-state index in [-0.39, 0.29) is 16.9 Å². The van der Waals surface area contributed by atoms with E-state index in [9.17, 15) is 18.0 Å². The molecular weight excluding hydrogens is 418 g/mol. The fourth-order valence-corrected chi connectivity index (χ4v) is 4.72. The highest BCUT2D eigenvalue weighted by Crippen LogP contribution is 2.27. The highest BCUT2D eigenvalue weighted by Gasteiger charge is 2.27. The number of hydrogen-bond donors (Lipinski definition) is 0. The van der Waals surface area contributed by atoms with Gasteiger partial charge in [-0.2, -0.15) is 0 Å². The lowest BCUT2D eigenvalue weighted by Crippen LogP contribution is -2.50. The Hall–Kier alpha value is -3.07. The van der Waals surface area contributed by atoms with Crippen LogP contribution in [0.4, 0.5) is 10.5 Å². The molecule has 0 aliphatic carbocycles. The van der Waals surface area contributed by atoms with Crippen LogP contribution in [0.3, 0.4) is 0 Å². The predicted molar refractivity (Wildman–Crippen MR) is 118 cm³/mol. The van der Waals surface area contributed by atoms with E-state index in [1.165, 1.54) is 11.4 Å². The van der Waals surface area contributed by atoms with Crippen molar-refractivity contribution >= 4 is 27.7 Å². The second-order valence-corrected chi connectivity index (χ2v) is 9.23. The van der Waals surface area contributed by atoms with Crippen molar-refractivity contribution in [3.05, 3.63) is 59.7 Å². The maximum atomic E-state index is 13.0. The molecule has 31 heavy (non-hydrogen) atoms. The van der Waals surface area contributed by atoms with Gasteiger partial charge in [0, 0.05) is 38.8 Å². The van der Waals surface area contributed by atoms with Crippen LogP contribution in [0.2, 0.25) is 0 Å². The van der Waals surface area contributed by atoms with Gasteiger partial charge in [-0.25, -0.2) is 13.2 Å². The highest BCUT2D eigenvalue weighted by molar-refractivity contribution is 7.92. The number of anilines is 1. The van der Waals surface area contributed by atoms with Crippen molar-refractivity contribution in [3.63, 3.8) is 0 Å². The number of sulfonamides is 1. The first-order valence-electron chi connectivity index (χ1n) is 10.1. The lowest BCUT2D eigenvalue weighted by Gasteiger charge is -2.34. The van der Waals surface area contributed by atoms with Gasteiger partial charge in [0.05, 0.1) is 17.2 Å². The smallest absolute Gasteiger partial charge is 0.409 e. The summed E-state index contributed by atoms with van der Waals surface area (Å²) in [5.41, 5.74) is 1.59. The molecular formula is C22H27N3O5S. The zero-order chi connectivity index (χ0) is 22.6. The Kier molecular flexibility index (Phi) is 6.84. The Labute approximate surface area is 183 Å². The summed E-state index contributed by atoms with van der Waals surface area (Å²) in [6.45, 7) is 5.43. The van der Waals surface area contributed by atoms with Gasteiger partial charge in [0.15, 0.2) is 0 Å². The zero-order valence-corrected chi connectivity index (χ0v) is 18.8. The van der Waals surface area contributed by atoms with E-state index in [0.717, 1.165) is 5.56 Å². The fourth-order valence-electron chi connectivity index (χ4n) is 3.45. The molecule has 0 unspecified atom stereocenters. The van der Waals surface area contributed by atoms with Gasteiger partial charge < -0.3 is 14.5 Å². The standard InChI is InChI=1S/C22H27N3O5S/c1-4-30-22(27)25-14-12-24(13-15-25)21(26)18-11-10-17(2)20(16-18)23(3)31(28,29)19-8-6-5-7-9-19/h5-11,16H,4,12-15H2,1-3H3. The Balaban J connectivity index is 1.78. The third-order valence-corrected chi connectivity index (χ3v) is 7.08. The molecule has 166 valence electrons. The van der Waals surface area contributed by atoms with Crippen LogP contribution in [0, 0.1) is 6.92 Å². The fraction of sp³-hybridized carbons (Fsp3) is 0.364. The average molecular weight is 446 g/mol. The largest absolute Gasteiger partial charge is 0.450 e. The van der Waals surface area contributed by atoms with Crippen LogP contribution in [0.1, 0.15) is 22.8 Å². The van der Waals surface area contributed by atoms with Gasteiger partial charge in [-0.3, -0.25) is 9.10 Å². The van der Waals surface area contributed by atoms with E-state index in [2.05, 4.69) is 0 Å². The minimum atomic E-state index is -3.75. The van der Waals surface area contributed by atoms with E-state index in [1.54, 1.807) is 72.2 Å². The third kappa shape index (κ3) is 4.82. The summed E-state index contributed by atoms with van der Waals surface area (Å²) < 4.78 is 32.2. The molecule has 2 amide bonds. The number of benzene rings is 2. The van der Waals surface area contributed by atoms with Crippen LogP contribution in [-0.4, -0.2) is 70.1 Å². The lowest BCUT2D eigenvalue weighted by molar-refractivity contribution is 0.0570. The number of carbonyl (C=O) groups excluding carboxylic acids is 2. The van der Waals surface area contributed by atoms with E-state index >= 15 is 0 Å². The average Bonchev–Trinajstić information content (AvgIpc) is 2.79. The van der Waals surface area contributed by atoms with Crippen molar-refractivity contribution in [1.29, 1.82) is 0 Å². The van der Waals surface area contributed by atoms with Gasteiger partial charge in [0.25, 0.3) is 15.9 Å². The molecule has 1 saturated heterocycles. The van der Waals surface area contributed by atoms with Gasteiger partial charge >= 0.3 is 6.09 Å². The van der Waals surface area contributed by atoms with Crippen LogP contribution in [-0.2, 0) is 14.8 Å². The molecule has 1 aliphatic rings. The molecule has 8 nitrogen and oxygen atoms in total. The van der Waals surface area contributed by atoms with Crippen molar-refractivity contribution in [2.45, 2.75) is 18.7 Å². The third-order valence-electron chi connectivity index (χ3n) is 5.29. The first-order valence-corrected chi connectivity index (χ1v) is 11.5. The Morgan fingerprint density at radius 2 is 1.61 bits per heavy atom. The molecule has 1 fully saturated rings. The minimum Gasteiger partial charge on any atom is -0.450 e. The van der Waals surface area contributed by atoms with Crippen LogP contribution in [0.25, 0.3) is 0 Å². The molecule has 3 rings (SSSR count). The molecule has 0 atom stereocenters. The second-order valence-electron chi connectivity index (χ2n) is 7.27. The summed E-state index contributed by atoms with van der Waals surface area (Å²) in [4.78, 5) is 28.3. The molecule has 1 aliphatic heterocycles. The molecule has 0 aromatic heterocycles. The molecule has 9 heteroatoms. The van der Waals surface area contributed by atoms with Crippen LogP contribution in [0.15, 0.2) is 53.4 Å². The van der Waals surface area contributed by atoms with Crippen molar-refractivity contribution < 1.29 is 22.7 Å². The van der Waals surface area contributed by atoms with Gasteiger partial charge in [-0.1, -0.05) is 24.3 Å². The molecule has 0 N–H and O–H groups in total. The molecule has 0 bridgehead atoms. The normalized spacial score (nSPS) is 14.3. The topological polar surface area (TPSA) is 87.2 Å². The minimum absolute atomic E-state index is 0.184. The lowest BCUT2D eigenvalue weighted by atomic mass is 10.1. The first-order chi connectivity index (χ1) is 14.8. The summed E-state index contributed by atoms with van der Waals surface area (Å²) in [6.07, 6.45) is -0.375. The van der Waals surface area contributed by atoms with E-state index < -0.39 is 10.0 Å². The molecule has 0 radical (unpaired) electrons. The monoisotopic (exact) mass is 445 g/mol. The van der Waals surface area contributed by atoms with Gasteiger partial charge in [-0.05, 0) is 43.7 Å². The van der Waals surface area contributed by atoms with E-state index in [0.29, 0.717) is 44.0 Å². The van der Waals surface area contributed by atoms with Crippen molar-refractivity contribution in [1.82, 2.24) is 9.80 Å². The van der Waals surface area contributed by atoms with Crippen molar-refractivity contribution in [2.75, 3.05) is 44.1 Å². The number of hydrogen-bond acceptors (Lipinski definition) is 5. The number of carbonyl (C=O) groups is 2. The number of rotatable bonds is 5. The number of amides is 2. The number of ether oxygens (including phenoxy) is 1. The van der Waals surface area contributed by atoms with Gasteiger partial charge in [0.2, 0.25) is 0 Å². The van der Waals surface area contributed by atoms with Crippen molar-refractivity contribution in [2.24, 2.45) is 0 Å². The number of piperazine rings is 1. The molecule has 1 heterocycles. The quantitative estimate of drug-likeness (QED) is 0.706. The molecule has 0 saturated carbocycles. The SMILES string of the molecule is CCOC(=O)N1CCN(C(=O)c2ccc(C)c(N(C)S(=O)(=O)c3ccccc3)c2)CC1. The molecule has 2 aromatic rings. The van der Waals surface area contributed by atoms with Gasteiger partial charge in [0.1, 0.15) is 0 Å². The highest BCUT2D eigenvalue weighted by atomic mass is 32.2. The Morgan fingerprint density at radius 1 is 1.00 bits per heavy atom. The Morgan fingerprint density at radius 3 is 2.23 bits per heavy atom. The first kappa shape index (κ1) is 22.6. The predicted octanol–water partition coefficient (Wildman–Crippen LogP) is 2.73. The maximum absolute atomic E-state index is 13.0. The Bertz CT molecular complexity index is 1050. The van der Waals surface area contributed by atoms with E-state index in [1.807, 2.05) is 0 Å². The maximum Gasteiger partial charge on any atom is 0.409 e. The second kappa shape index (κ2) is 9.38. The molecule has 2 aromatic carbocycles. The zero-order valence-electron chi connectivity index (χ0n) is 17.9. The van der Waals surface area contributed by atoms with Crippen LogP contribution >= 0.6 is 0 Å². The van der Waals surface area contributed by atoms with Gasteiger partial charge in [-0.15, -0.1) is 0 Å². The summed E-state index contributed by atoms with van der Waals surface area (Å²) in [7, 11) is -2.27.